The molecule has 0 aromatic heterocycles. The van der Waals surface area contributed by atoms with Crippen LogP contribution in [-0.2, 0) is 4.74 Å². The Labute approximate surface area is 62.5 Å². The van der Waals surface area contributed by atoms with E-state index in [1.165, 1.54) is 7.11 Å². The summed E-state index contributed by atoms with van der Waals surface area (Å²) in [7, 11) is 1.19. The average Bonchev–Trinajstić information content (AvgIpc) is 2.63. The van der Waals surface area contributed by atoms with E-state index >= 15 is 0 Å². The molecule has 0 heterocycles. The van der Waals surface area contributed by atoms with Gasteiger partial charge in [-0.1, -0.05) is 0 Å². The van der Waals surface area contributed by atoms with Crippen molar-refractivity contribution in [2.24, 2.45) is 11.1 Å². The van der Waals surface area contributed by atoms with Crippen LogP contribution in [0.25, 0.3) is 0 Å². The maximum atomic E-state index is 12.2. The first-order chi connectivity index (χ1) is 4.94. The molecule has 0 aromatic rings. The minimum Gasteiger partial charge on any atom is -0.366 e. The zero-order valence-corrected chi connectivity index (χ0v) is 6.11. The minimum absolute atomic E-state index is 0.0888. The van der Waals surface area contributed by atoms with Gasteiger partial charge >= 0.3 is 6.18 Å². The lowest BCUT2D eigenvalue weighted by Gasteiger charge is -2.24. The lowest BCUT2D eigenvalue weighted by atomic mass is 10.1. The highest BCUT2D eigenvalue weighted by Crippen LogP contribution is 2.59. The molecule has 1 rings (SSSR count). The highest BCUT2D eigenvalue weighted by Gasteiger charge is 2.67. The summed E-state index contributed by atoms with van der Waals surface area (Å²) in [6.45, 7) is 0. The lowest BCUT2D eigenvalue weighted by molar-refractivity contribution is -0.217. The fraction of sp³-hybridized carbons (Fsp3) is 1.00. The SMILES string of the molecule is COC(N)C1(C(F)(F)F)CC1. The highest BCUT2D eigenvalue weighted by atomic mass is 19.4. The second-order valence-corrected chi connectivity index (χ2v) is 2.81. The van der Waals surface area contributed by atoms with Gasteiger partial charge in [0.2, 0.25) is 0 Å². The van der Waals surface area contributed by atoms with Gasteiger partial charge in [-0.3, -0.25) is 0 Å². The molecule has 66 valence electrons. The smallest absolute Gasteiger partial charge is 0.366 e. The molecule has 1 aliphatic rings. The van der Waals surface area contributed by atoms with E-state index in [-0.39, 0.29) is 12.8 Å². The number of ether oxygens (including phenoxy) is 1. The molecule has 0 saturated heterocycles. The number of methoxy groups -OCH3 is 1. The first-order valence-electron chi connectivity index (χ1n) is 3.29. The molecule has 0 radical (unpaired) electrons. The van der Waals surface area contributed by atoms with Crippen LogP contribution in [-0.4, -0.2) is 19.5 Å². The van der Waals surface area contributed by atoms with Crippen molar-refractivity contribution in [2.45, 2.75) is 25.2 Å². The van der Waals surface area contributed by atoms with E-state index in [1.807, 2.05) is 0 Å². The van der Waals surface area contributed by atoms with Gasteiger partial charge in [0.15, 0.2) is 0 Å². The van der Waals surface area contributed by atoms with Gasteiger partial charge in [0, 0.05) is 7.11 Å². The van der Waals surface area contributed by atoms with Gasteiger partial charge < -0.3 is 10.5 Å². The van der Waals surface area contributed by atoms with E-state index in [4.69, 9.17) is 5.73 Å². The fourth-order valence-electron chi connectivity index (χ4n) is 1.09. The van der Waals surface area contributed by atoms with E-state index in [0.29, 0.717) is 0 Å². The molecule has 0 bridgehead atoms. The largest absolute Gasteiger partial charge is 0.398 e. The van der Waals surface area contributed by atoms with Crippen molar-refractivity contribution in [3.8, 4) is 0 Å². The molecule has 11 heavy (non-hydrogen) atoms. The number of nitrogens with two attached hydrogens (primary N) is 1. The van der Waals surface area contributed by atoms with Crippen LogP contribution in [0, 0.1) is 5.41 Å². The van der Waals surface area contributed by atoms with Gasteiger partial charge in [-0.25, -0.2) is 0 Å². The second-order valence-electron chi connectivity index (χ2n) is 2.81. The summed E-state index contributed by atoms with van der Waals surface area (Å²) in [5.74, 6) is 0. The van der Waals surface area contributed by atoms with Crippen LogP contribution in [0.3, 0.4) is 0 Å². The summed E-state index contributed by atoms with van der Waals surface area (Å²) in [5.41, 5.74) is 3.41. The standard InChI is InChI=1S/C6H10F3NO/c1-11-4(10)5(2-3-5)6(7,8)9/h4H,2-3,10H2,1H3. The Hall–Kier alpha value is -0.290. The van der Waals surface area contributed by atoms with Crippen LogP contribution in [0.5, 0.6) is 0 Å². The molecule has 1 atom stereocenters. The molecule has 1 unspecified atom stereocenters. The monoisotopic (exact) mass is 169 g/mol. The third kappa shape index (κ3) is 1.22. The molecule has 1 saturated carbocycles. The zero-order valence-electron chi connectivity index (χ0n) is 6.11. The van der Waals surface area contributed by atoms with Crippen molar-refractivity contribution in [1.82, 2.24) is 0 Å². The summed E-state index contributed by atoms with van der Waals surface area (Å²) < 4.78 is 41.0. The molecule has 0 spiro atoms. The zero-order chi connectivity index (χ0) is 8.70. The quantitative estimate of drug-likeness (QED) is 0.631. The predicted molar refractivity (Wildman–Crippen MR) is 32.7 cm³/mol. The van der Waals surface area contributed by atoms with Crippen molar-refractivity contribution in [3.63, 3.8) is 0 Å². The van der Waals surface area contributed by atoms with Gasteiger partial charge in [0.05, 0.1) is 0 Å². The Bertz CT molecular complexity index is 152. The summed E-state index contributed by atoms with van der Waals surface area (Å²) in [6.07, 6.45) is -5.25. The Morgan fingerprint density at radius 3 is 2.00 bits per heavy atom. The van der Waals surface area contributed by atoms with Crippen LogP contribution >= 0.6 is 0 Å². The Morgan fingerprint density at radius 1 is 1.45 bits per heavy atom. The molecule has 0 aliphatic heterocycles. The van der Waals surface area contributed by atoms with E-state index in [0.717, 1.165) is 0 Å². The number of rotatable bonds is 2. The Balaban J connectivity index is 2.68. The van der Waals surface area contributed by atoms with Crippen molar-refractivity contribution in [3.05, 3.63) is 0 Å². The van der Waals surface area contributed by atoms with Gasteiger partial charge in [-0.2, -0.15) is 13.2 Å². The van der Waals surface area contributed by atoms with Gasteiger partial charge in [0.25, 0.3) is 0 Å². The Kier molecular flexibility index (Phi) is 1.88. The summed E-state index contributed by atoms with van der Waals surface area (Å²) in [6, 6.07) is 0. The third-order valence-electron chi connectivity index (χ3n) is 2.15. The molecule has 1 fully saturated rings. The van der Waals surface area contributed by atoms with E-state index in [1.54, 1.807) is 0 Å². The van der Waals surface area contributed by atoms with Gasteiger partial charge in [0.1, 0.15) is 11.6 Å². The average molecular weight is 169 g/mol. The molecule has 1 aliphatic carbocycles. The van der Waals surface area contributed by atoms with Gasteiger partial charge in [-0.15, -0.1) is 0 Å². The van der Waals surface area contributed by atoms with Gasteiger partial charge in [-0.05, 0) is 12.8 Å². The van der Waals surface area contributed by atoms with E-state index in [2.05, 4.69) is 4.74 Å². The molecular weight excluding hydrogens is 159 g/mol. The van der Waals surface area contributed by atoms with Crippen molar-refractivity contribution >= 4 is 0 Å². The first kappa shape index (κ1) is 8.80. The van der Waals surface area contributed by atoms with E-state index in [9.17, 15) is 13.2 Å². The predicted octanol–water partition coefficient (Wildman–Crippen LogP) is 1.26. The highest BCUT2D eigenvalue weighted by molar-refractivity contribution is 5.02. The molecule has 2 nitrogen and oxygen atoms in total. The third-order valence-corrected chi connectivity index (χ3v) is 2.15. The van der Waals surface area contributed by atoms with Crippen molar-refractivity contribution < 1.29 is 17.9 Å². The minimum atomic E-state index is -4.22. The normalized spacial score (nSPS) is 24.8. The molecular formula is C6H10F3NO. The molecule has 5 heteroatoms. The number of hydrogen-bond donors (Lipinski definition) is 1. The van der Waals surface area contributed by atoms with E-state index < -0.39 is 17.8 Å². The van der Waals surface area contributed by atoms with Crippen molar-refractivity contribution in [2.75, 3.05) is 7.11 Å². The summed E-state index contributed by atoms with van der Waals surface area (Å²) >= 11 is 0. The summed E-state index contributed by atoms with van der Waals surface area (Å²) in [5, 5.41) is 0. The van der Waals surface area contributed by atoms with Crippen LogP contribution in [0.15, 0.2) is 0 Å². The Morgan fingerprint density at radius 2 is 1.91 bits per heavy atom. The van der Waals surface area contributed by atoms with Crippen LogP contribution < -0.4 is 5.73 Å². The lowest BCUT2D eigenvalue weighted by Crippen LogP contribution is -2.43. The summed E-state index contributed by atoms with van der Waals surface area (Å²) in [4.78, 5) is 0. The van der Waals surface area contributed by atoms with Crippen LogP contribution in [0.4, 0.5) is 13.2 Å². The number of alkyl halides is 3. The first-order valence-corrected chi connectivity index (χ1v) is 3.29. The topological polar surface area (TPSA) is 35.2 Å². The molecule has 2 N–H and O–H groups in total. The van der Waals surface area contributed by atoms with Crippen molar-refractivity contribution in [1.29, 1.82) is 0 Å². The van der Waals surface area contributed by atoms with Crippen LogP contribution in [0.1, 0.15) is 12.8 Å². The maximum Gasteiger partial charge on any atom is 0.398 e. The maximum absolute atomic E-state index is 12.2. The van der Waals surface area contributed by atoms with Crippen LogP contribution in [0.2, 0.25) is 0 Å². The number of hydrogen-bond acceptors (Lipinski definition) is 2. The fourth-order valence-corrected chi connectivity index (χ4v) is 1.09. The number of halogens is 3. The second kappa shape index (κ2) is 2.35. The molecule has 0 amide bonds. The molecule has 0 aromatic carbocycles.